The number of aliphatic hydroxyl groups excluding tert-OH is 2. The summed E-state index contributed by atoms with van der Waals surface area (Å²) in [6.07, 6.45) is 3.41. The van der Waals surface area contributed by atoms with Crippen molar-refractivity contribution in [1.29, 1.82) is 0 Å². The van der Waals surface area contributed by atoms with Crippen molar-refractivity contribution in [3.05, 3.63) is 83.4 Å². The van der Waals surface area contributed by atoms with Crippen molar-refractivity contribution in [2.24, 2.45) is 35.0 Å². The first-order valence-electron chi connectivity index (χ1n) is 21.7. The number of carbonyl (C=O) groups is 2. The van der Waals surface area contributed by atoms with Gasteiger partial charge >= 0.3 is 0 Å². The minimum atomic E-state index is -0.899. The Bertz CT molecular complexity index is 1930. The number of aliphatic hydroxyl groups is 2. The van der Waals surface area contributed by atoms with Gasteiger partial charge in [0, 0.05) is 61.0 Å². The normalized spacial score (nSPS) is 27.1. The number of carbonyl (C=O) groups excluding carboxylic acids is 2. The van der Waals surface area contributed by atoms with Crippen LogP contribution in [0, 0.1) is 35.0 Å². The maximum atomic E-state index is 14.5. The number of amides is 2. The molecular weight excluding hydrogens is 743 g/mol. The van der Waals surface area contributed by atoms with E-state index < -0.39 is 24.2 Å². The van der Waals surface area contributed by atoms with Crippen molar-refractivity contribution < 1.29 is 29.4 Å². The molecule has 1 aliphatic heterocycles. The third-order valence-corrected chi connectivity index (χ3v) is 13.9. The number of likely N-dealkylation sites (N-methyl/N-ethyl adjacent to an activating group) is 1. The number of anilines is 1. The summed E-state index contributed by atoms with van der Waals surface area (Å²) in [5.41, 5.74) is 5.34. The van der Waals surface area contributed by atoms with E-state index in [9.17, 15) is 19.8 Å². The third-order valence-electron chi connectivity index (χ3n) is 13.9. The molecule has 4 N–H and O–H groups in total. The molecule has 0 spiro atoms. The summed E-state index contributed by atoms with van der Waals surface area (Å²) in [6, 6.07) is 21.3. The Morgan fingerprint density at radius 2 is 1.76 bits per heavy atom. The molecule has 0 unspecified atom stereocenters. The third kappa shape index (κ3) is 9.50. The summed E-state index contributed by atoms with van der Waals surface area (Å²) < 4.78 is 6.73. The molecule has 0 radical (unpaired) electrons. The van der Waals surface area contributed by atoms with Crippen LogP contribution in [0.5, 0.6) is 5.75 Å². The maximum Gasteiger partial charge on any atom is 0.251 e. The van der Waals surface area contributed by atoms with E-state index in [4.69, 9.17) is 9.57 Å². The predicted octanol–water partition coefficient (Wildman–Crippen LogP) is 5.77. The topological polar surface area (TPSA) is 127 Å². The molecule has 3 aromatic rings. The maximum absolute atomic E-state index is 14.5. The number of hydroxylamine groups is 2. The van der Waals surface area contributed by atoms with Crippen LogP contribution in [0.4, 0.5) is 5.69 Å². The second-order valence-electron chi connectivity index (χ2n) is 19.1. The summed E-state index contributed by atoms with van der Waals surface area (Å²) in [7, 11) is 7.97. The Morgan fingerprint density at radius 1 is 1.02 bits per heavy atom. The molecule has 11 heteroatoms. The molecule has 8 rings (SSSR count). The number of benzene rings is 3. The van der Waals surface area contributed by atoms with Crippen LogP contribution in [-0.2, 0) is 22.6 Å². The Kier molecular flexibility index (Phi) is 13.1. The number of hydrogen-bond donors (Lipinski definition) is 4. The monoisotopic (exact) mass is 810 g/mol. The van der Waals surface area contributed by atoms with Crippen LogP contribution in [0.3, 0.4) is 0 Å². The Balaban J connectivity index is 1.20. The van der Waals surface area contributed by atoms with E-state index in [1.54, 1.807) is 12.0 Å². The molecular formula is C48H67N5O6. The SMILES string of the molecule is C[C@@H]1[C@@H](NC(=O)[C@@H]2[C@H]([C@H](C)O)[C@H](CO)ON2Cc2cccc(-c3cc(C(=O)N[C@@H](Cc4ccccc4)CN(C)C)cc(N(C)C)c3)c2OCC2CC2)C[C@H]2C[C@@H]1C2(C)C. The highest BCUT2D eigenvalue weighted by molar-refractivity contribution is 5.97. The number of fused-ring (bicyclic) bond motifs is 2. The molecule has 0 aromatic heterocycles. The first-order chi connectivity index (χ1) is 28.1. The van der Waals surface area contributed by atoms with Crippen LogP contribution in [0.25, 0.3) is 11.1 Å². The fraction of sp³-hybridized carbons (Fsp3) is 0.583. The van der Waals surface area contributed by atoms with Gasteiger partial charge in [-0.1, -0.05) is 69.3 Å². The first kappa shape index (κ1) is 43.1. The highest BCUT2D eigenvalue weighted by atomic mass is 16.7. The highest BCUT2D eigenvalue weighted by Gasteiger charge is 2.57. The van der Waals surface area contributed by atoms with Gasteiger partial charge in [0.05, 0.1) is 25.9 Å². The summed E-state index contributed by atoms with van der Waals surface area (Å²) >= 11 is 0. The predicted molar refractivity (Wildman–Crippen MR) is 232 cm³/mol. The van der Waals surface area contributed by atoms with E-state index in [1.165, 1.54) is 6.42 Å². The van der Waals surface area contributed by atoms with E-state index in [-0.39, 0.29) is 42.5 Å². The fourth-order valence-electron chi connectivity index (χ4n) is 10.2. The molecule has 2 bridgehead atoms. The smallest absolute Gasteiger partial charge is 0.251 e. The van der Waals surface area contributed by atoms with Crippen molar-refractivity contribution in [3.8, 4) is 16.9 Å². The lowest BCUT2D eigenvalue weighted by molar-refractivity contribution is -0.183. The Morgan fingerprint density at radius 3 is 2.39 bits per heavy atom. The lowest BCUT2D eigenvalue weighted by Gasteiger charge is -2.62. The molecule has 59 heavy (non-hydrogen) atoms. The molecule has 9 atom stereocenters. The minimum absolute atomic E-state index is 0.0385. The summed E-state index contributed by atoms with van der Waals surface area (Å²) in [5, 5.41) is 29.9. The zero-order valence-electron chi connectivity index (χ0n) is 36.4. The lowest BCUT2D eigenvalue weighted by Crippen LogP contribution is -2.62. The molecule has 5 fully saturated rings. The minimum Gasteiger partial charge on any atom is -0.492 e. The number of para-hydroxylation sites is 1. The largest absolute Gasteiger partial charge is 0.492 e. The van der Waals surface area contributed by atoms with Crippen LogP contribution in [0.1, 0.15) is 74.9 Å². The Hall–Kier alpha value is -4.00. The molecule has 1 saturated heterocycles. The van der Waals surface area contributed by atoms with Crippen molar-refractivity contribution in [2.75, 3.05) is 52.8 Å². The fourth-order valence-corrected chi connectivity index (χ4v) is 10.2. The van der Waals surface area contributed by atoms with E-state index >= 15 is 0 Å². The van der Waals surface area contributed by atoms with Gasteiger partial charge in [-0.3, -0.25) is 14.4 Å². The lowest BCUT2D eigenvalue weighted by atomic mass is 9.45. The van der Waals surface area contributed by atoms with Gasteiger partial charge in [-0.2, -0.15) is 5.06 Å². The van der Waals surface area contributed by atoms with Crippen molar-refractivity contribution in [2.45, 2.75) is 96.7 Å². The van der Waals surface area contributed by atoms with Gasteiger partial charge in [0.2, 0.25) is 5.91 Å². The molecule has 320 valence electrons. The van der Waals surface area contributed by atoms with E-state index in [1.807, 2.05) is 81.6 Å². The number of nitrogens with one attached hydrogen (secondary N) is 2. The zero-order valence-corrected chi connectivity index (χ0v) is 36.4. The second kappa shape index (κ2) is 17.9. The van der Waals surface area contributed by atoms with Gasteiger partial charge < -0.3 is 35.4 Å². The van der Waals surface area contributed by atoms with Crippen LogP contribution in [0.15, 0.2) is 66.7 Å². The molecule has 1 heterocycles. The van der Waals surface area contributed by atoms with Crippen molar-refractivity contribution >= 4 is 17.5 Å². The summed E-state index contributed by atoms with van der Waals surface area (Å²) in [4.78, 5) is 39.1. The first-order valence-corrected chi connectivity index (χ1v) is 21.7. The van der Waals surface area contributed by atoms with Crippen LogP contribution < -0.4 is 20.3 Å². The zero-order chi connectivity index (χ0) is 42.2. The van der Waals surface area contributed by atoms with Gasteiger partial charge in [-0.25, -0.2) is 0 Å². The van der Waals surface area contributed by atoms with Crippen LogP contribution >= 0.6 is 0 Å². The molecule has 4 aliphatic carbocycles. The van der Waals surface area contributed by atoms with Crippen molar-refractivity contribution in [3.63, 3.8) is 0 Å². The highest BCUT2D eigenvalue weighted by Crippen LogP contribution is 2.61. The van der Waals surface area contributed by atoms with E-state index in [0.29, 0.717) is 54.6 Å². The number of ether oxygens (including phenoxy) is 1. The van der Waals surface area contributed by atoms with E-state index in [0.717, 1.165) is 47.2 Å². The molecule has 11 nitrogen and oxygen atoms in total. The van der Waals surface area contributed by atoms with Gasteiger partial charge in [0.15, 0.2) is 0 Å². The summed E-state index contributed by atoms with van der Waals surface area (Å²) in [5.74, 6) is 1.62. The molecule has 4 saturated carbocycles. The van der Waals surface area contributed by atoms with E-state index in [2.05, 4.69) is 54.5 Å². The Labute approximate surface area is 351 Å². The van der Waals surface area contributed by atoms with Gasteiger partial charge in [0.1, 0.15) is 17.9 Å². The molecule has 5 aliphatic rings. The summed E-state index contributed by atoms with van der Waals surface area (Å²) in [6.45, 7) is 9.71. The number of nitrogens with zero attached hydrogens (tertiary/aromatic N) is 3. The average Bonchev–Trinajstić information content (AvgIpc) is 3.95. The molecule has 2 amide bonds. The quantitative estimate of drug-likeness (QED) is 0.135. The van der Waals surface area contributed by atoms with Crippen LogP contribution in [-0.4, -0.2) is 110 Å². The standard InChI is InChI=1S/C48H67N5O6/c1-29-40-23-36(48(40,3)4)24-41(29)50-47(57)44-43(30(2)55)42(27-54)59-53(44)25-33-15-12-16-39(45(33)58-28-32-17-18-32)34-20-35(22-38(21-34)52(7)8)46(56)49-37(26-51(5)6)19-31-13-10-9-11-14-31/h9-16,20-22,29-30,32,36-37,40-44,54-55H,17-19,23-28H2,1-8H3,(H,49,56)(H,50,57)/t29-,30-,36+,37-,40-,41-,42-,43+,44-/m0/s1. The number of hydrogen-bond acceptors (Lipinski definition) is 9. The average molecular weight is 810 g/mol. The number of rotatable bonds is 17. The second-order valence-corrected chi connectivity index (χ2v) is 19.1. The molecule has 3 aromatic carbocycles. The van der Waals surface area contributed by atoms with Gasteiger partial charge in [-0.05, 0) is 112 Å². The van der Waals surface area contributed by atoms with Gasteiger partial charge in [-0.15, -0.1) is 0 Å². The van der Waals surface area contributed by atoms with Crippen LogP contribution in [0.2, 0.25) is 0 Å². The van der Waals surface area contributed by atoms with Gasteiger partial charge in [0.25, 0.3) is 5.91 Å². The van der Waals surface area contributed by atoms with Crippen molar-refractivity contribution in [1.82, 2.24) is 20.6 Å².